The lowest BCUT2D eigenvalue weighted by atomic mass is 10.1. The summed E-state index contributed by atoms with van der Waals surface area (Å²) in [5.41, 5.74) is 1.54. The molecule has 0 saturated carbocycles. The van der Waals surface area contributed by atoms with Crippen molar-refractivity contribution in [1.82, 2.24) is 0 Å². The Labute approximate surface area is 126 Å². The van der Waals surface area contributed by atoms with Gasteiger partial charge >= 0.3 is 0 Å². The molecule has 2 rings (SSSR count). The summed E-state index contributed by atoms with van der Waals surface area (Å²) in [4.78, 5) is 11.4. The molecule has 0 atom stereocenters. The van der Waals surface area contributed by atoms with Gasteiger partial charge in [0, 0.05) is 6.92 Å². The van der Waals surface area contributed by atoms with Gasteiger partial charge < -0.3 is 4.55 Å². The molecule has 0 bridgehead atoms. The van der Waals surface area contributed by atoms with Crippen molar-refractivity contribution in [3.05, 3.63) is 54.3 Å². The molecule has 0 aliphatic rings. The van der Waals surface area contributed by atoms with Crippen LogP contribution in [0.25, 0.3) is 11.1 Å². The number of halogens is 1. The molecule has 0 N–H and O–H groups in total. The first-order valence-corrected chi connectivity index (χ1v) is 7.42. The minimum Gasteiger partial charge on any atom is -0.724 e. The molecule has 0 aliphatic carbocycles. The van der Waals surface area contributed by atoms with Crippen LogP contribution in [0.4, 0.5) is 10.1 Å². The summed E-state index contributed by atoms with van der Waals surface area (Å²) >= 11 is 0. The number of nitrogens with zero attached hydrogens (tertiary/aromatic N) is 1. The summed E-state index contributed by atoms with van der Waals surface area (Å²) in [5, 5.41) is 0.386. The Bertz CT molecular complexity index is 772. The van der Waals surface area contributed by atoms with E-state index in [9.17, 15) is 22.2 Å². The van der Waals surface area contributed by atoms with Crippen molar-refractivity contribution < 1.29 is 26.4 Å². The van der Waals surface area contributed by atoms with Crippen molar-refractivity contribution in [2.75, 3.05) is 5.06 Å². The molecule has 2 aromatic carbocycles. The molecule has 2 aromatic rings. The summed E-state index contributed by atoms with van der Waals surface area (Å²) in [5.74, 6) is -1.13. The van der Waals surface area contributed by atoms with E-state index in [0.29, 0.717) is 5.06 Å². The molecule has 0 fully saturated rings. The van der Waals surface area contributed by atoms with Gasteiger partial charge in [-0.3, -0.25) is 4.79 Å². The third kappa shape index (κ3) is 4.10. The van der Waals surface area contributed by atoms with Crippen LogP contribution in [-0.4, -0.2) is 18.9 Å². The largest absolute Gasteiger partial charge is 0.724 e. The number of amides is 1. The molecule has 22 heavy (non-hydrogen) atoms. The number of benzene rings is 2. The molecule has 116 valence electrons. The van der Waals surface area contributed by atoms with Gasteiger partial charge in [0.2, 0.25) is 16.3 Å². The second-order valence-electron chi connectivity index (χ2n) is 4.35. The number of hydroxylamine groups is 1. The van der Waals surface area contributed by atoms with Crippen molar-refractivity contribution in [3.8, 4) is 11.1 Å². The van der Waals surface area contributed by atoms with Gasteiger partial charge in [-0.05, 0) is 35.4 Å². The minimum atomic E-state index is -5.07. The smallest absolute Gasteiger partial charge is 0.248 e. The Balaban J connectivity index is 2.30. The Hall–Kier alpha value is -2.29. The maximum atomic E-state index is 12.9. The molecule has 0 saturated heterocycles. The fourth-order valence-electron chi connectivity index (χ4n) is 1.80. The van der Waals surface area contributed by atoms with Crippen molar-refractivity contribution in [3.63, 3.8) is 0 Å². The third-order valence-corrected chi connectivity index (χ3v) is 3.06. The number of hydrogen-bond donors (Lipinski definition) is 0. The lowest BCUT2D eigenvalue weighted by Crippen LogP contribution is -2.31. The highest BCUT2D eigenvalue weighted by atomic mass is 32.3. The molecule has 0 unspecified atom stereocenters. The van der Waals surface area contributed by atoms with E-state index in [1.807, 2.05) is 0 Å². The van der Waals surface area contributed by atoms with Gasteiger partial charge in [-0.2, -0.15) is 9.35 Å². The zero-order valence-corrected chi connectivity index (χ0v) is 12.2. The predicted octanol–water partition coefficient (Wildman–Crippen LogP) is 2.24. The zero-order valence-electron chi connectivity index (χ0n) is 11.4. The molecule has 6 nitrogen and oxygen atoms in total. The molecule has 0 aromatic heterocycles. The van der Waals surface area contributed by atoms with Gasteiger partial charge in [0.15, 0.2) is 0 Å². The van der Waals surface area contributed by atoms with E-state index in [0.717, 1.165) is 18.1 Å². The number of carbonyl (C=O) groups excluding carboxylic acids is 1. The summed E-state index contributed by atoms with van der Waals surface area (Å²) < 4.78 is 48.9. The molecular weight excluding hydrogens is 313 g/mol. The second kappa shape index (κ2) is 6.22. The Morgan fingerprint density at radius 1 is 1.05 bits per heavy atom. The SMILES string of the molecule is CC(=O)N(OS(=O)(=O)[O-])c1ccc(-c2ccc(F)cc2)cc1. The fraction of sp³-hybridized carbons (Fsp3) is 0.0714. The van der Waals surface area contributed by atoms with Crippen LogP contribution < -0.4 is 5.06 Å². The van der Waals surface area contributed by atoms with Gasteiger partial charge in [0.05, 0.1) is 5.69 Å². The first kappa shape index (κ1) is 16.1. The van der Waals surface area contributed by atoms with Crippen LogP contribution in [0.1, 0.15) is 6.92 Å². The number of carbonyl (C=O) groups is 1. The predicted molar refractivity (Wildman–Crippen MR) is 75.8 cm³/mol. The van der Waals surface area contributed by atoms with Gasteiger partial charge in [0.1, 0.15) is 5.82 Å². The van der Waals surface area contributed by atoms with Crippen molar-refractivity contribution in [2.45, 2.75) is 6.92 Å². The Morgan fingerprint density at radius 3 is 1.91 bits per heavy atom. The van der Waals surface area contributed by atoms with E-state index in [1.165, 1.54) is 24.3 Å². The summed E-state index contributed by atoms with van der Waals surface area (Å²) in [7, 11) is -5.07. The van der Waals surface area contributed by atoms with Crippen molar-refractivity contribution in [2.24, 2.45) is 0 Å². The van der Waals surface area contributed by atoms with Crippen LogP contribution in [-0.2, 0) is 19.5 Å². The Morgan fingerprint density at radius 2 is 1.50 bits per heavy atom. The van der Waals surface area contributed by atoms with Crippen LogP contribution >= 0.6 is 0 Å². The van der Waals surface area contributed by atoms with Crippen LogP contribution in [0.3, 0.4) is 0 Å². The quantitative estimate of drug-likeness (QED) is 0.489. The van der Waals surface area contributed by atoms with E-state index < -0.39 is 16.3 Å². The van der Waals surface area contributed by atoms with Crippen molar-refractivity contribution >= 4 is 22.0 Å². The first-order chi connectivity index (χ1) is 10.3. The van der Waals surface area contributed by atoms with Crippen LogP contribution in [0.2, 0.25) is 0 Å². The summed E-state index contributed by atoms with van der Waals surface area (Å²) in [6, 6.07) is 11.7. The first-order valence-electron chi connectivity index (χ1n) is 6.08. The van der Waals surface area contributed by atoms with E-state index in [1.54, 1.807) is 24.3 Å². The molecule has 0 aliphatic heterocycles. The molecular formula is C14H11FNO5S-. The lowest BCUT2D eigenvalue weighted by molar-refractivity contribution is -0.120. The van der Waals surface area contributed by atoms with Crippen LogP contribution in [0, 0.1) is 5.82 Å². The standard InChI is InChI=1S/C14H12FNO5S/c1-10(17)16(21-22(18,19)20)14-8-4-12(5-9-14)11-2-6-13(15)7-3-11/h2-9H,1H3,(H,18,19,20)/p-1. The average molecular weight is 324 g/mol. The maximum absolute atomic E-state index is 12.9. The lowest BCUT2D eigenvalue weighted by Gasteiger charge is -2.21. The van der Waals surface area contributed by atoms with E-state index in [4.69, 9.17) is 0 Å². The molecule has 0 radical (unpaired) electrons. The van der Waals surface area contributed by atoms with Gasteiger partial charge in [-0.25, -0.2) is 12.8 Å². The highest BCUT2D eigenvalue weighted by Crippen LogP contribution is 2.24. The summed E-state index contributed by atoms with van der Waals surface area (Å²) in [6.07, 6.45) is 0. The average Bonchev–Trinajstić information content (AvgIpc) is 2.45. The zero-order chi connectivity index (χ0) is 16.3. The van der Waals surface area contributed by atoms with Gasteiger partial charge in [-0.15, -0.1) is 0 Å². The topological polar surface area (TPSA) is 86.7 Å². The molecule has 0 spiro atoms. The third-order valence-electron chi connectivity index (χ3n) is 2.73. The number of hydrogen-bond acceptors (Lipinski definition) is 5. The Kier molecular flexibility index (Phi) is 4.55. The highest BCUT2D eigenvalue weighted by molar-refractivity contribution is 7.80. The molecule has 0 heterocycles. The van der Waals surface area contributed by atoms with Crippen molar-refractivity contribution in [1.29, 1.82) is 0 Å². The van der Waals surface area contributed by atoms with Crippen LogP contribution in [0.5, 0.6) is 0 Å². The van der Waals surface area contributed by atoms with E-state index in [2.05, 4.69) is 4.28 Å². The minimum absolute atomic E-state index is 0.0813. The normalized spacial score (nSPS) is 11.2. The monoisotopic (exact) mass is 324 g/mol. The van der Waals surface area contributed by atoms with Crippen LogP contribution in [0.15, 0.2) is 48.5 Å². The van der Waals surface area contributed by atoms with E-state index >= 15 is 0 Å². The second-order valence-corrected chi connectivity index (χ2v) is 5.32. The fourth-order valence-corrected chi connectivity index (χ4v) is 2.17. The van der Waals surface area contributed by atoms with Gasteiger partial charge in [-0.1, -0.05) is 24.3 Å². The molecule has 8 heteroatoms. The number of rotatable bonds is 4. The van der Waals surface area contributed by atoms with Gasteiger partial charge in [0.25, 0.3) is 0 Å². The van der Waals surface area contributed by atoms with E-state index in [-0.39, 0.29) is 11.5 Å². The maximum Gasteiger partial charge on any atom is 0.248 e. The summed E-state index contributed by atoms with van der Waals surface area (Å²) in [6.45, 7) is 1.05. The molecule has 1 amide bonds. The highest BCUT2D eigenvalue weighted by Gasteiger charge is 2.16. The number of anilines is 1.